The van der Waals surface area contributed by atoms with Crippen molar-refractivity contribution in [1.82, 2.24) is 0 Å². The first kappa shape index (κ1) is 7.12. The van der Waals surface area contributed by atoms with Crippen LogP contribution in [-0.2, 0) is 4.79 Å². The Bertz CT molecular complexity index is 125. The third-order valence-corrected chi connectivity index (χ3v) is 0.833. The highest BCUT2D eigenvalue weighted by Gasteiger charge is 2.04. The number of carbonyl (C=O) groups excluding carboxylic acids is 1. The zero-order chi connectivity index (χ0) is 6.57. The maximum Gasteiger partial charge on any atom is 0.147 e. The summed E-state index contributed by atoms with van der Waals surface area (Å²) in [6, 6.07) is 1.22. The molecule has 1 unspecified atom stereocenters. The number of hydrogen-bond donors (Lipinski definition) is 1. The first-order valence-corrected chi connectivity index (χ1v) is 2.31. The van der Waals surface area contributed by atoms with Gasteiger partial charge in [-0.25, -0.2) is 0 Å². The second-order valence-corrected chi connectivity index (χ2v) is 1.58. The molecule has 0 aromatic rings. The van der Waals surface area contributed by atoms with Crippen molar-refractivity contribution in [3.8, 4) is 6.07 Å². The molecule has 0 saturated carbocycles. The average molecular weight is 112 g/mol. The molecule has 0 aromatic heterocycles. The van der Waals surface area contributed by atoms with Crippen LogP contribution in [0.1, 0.15) is 13.3 Å². The largest absolute Gasteiger partial charge is 0.321 e. The van der Waals surface area contributed by atoms with Gasteiger partial charge in [-0.1, -0.05) is 0 Å². The van der Waals surface area contributed by atoms with Crippen LogP contribution in [0.15, 0.2) is 0 Å². The molecule has 0 radical (unpaired) electrons. The van der Waals surface area contributed by atoms with E-state index in [9.17, 15) is 4.79 Å². The summed E-state index contributed by atoms with van der Waals surface area (Å²) in [6.45, 7) is 1.38. The Labute approximate surface area is 48.1 Å². The highest BCUT2D eigenvalue weighted by Crippen LogP contribution is 1.84. The van der Waals surface area contributed by atoms with Gasteiger partial charge in [-0.2, -0.15) is 5.26 Å². The minimum Gasteiger partial charge on any atom is -0.321 e. The molecule has 0 spiro atoms. The zero-order valence-electron chi connectivity index (χ0n) is 4.72. The minimum absolute atomic E-state index is 0.120. The van der Waals surface area contributed by atoms with Crippen molar-refractivity contribution in [2.75, 3.05) is 0 Å². The molecule has 0 heterocycles. The Hall–Kier alpha value is -0.880. The van der Waals surface area contributed by atoms with Crippen molar-refractivity contribution >= 4 is 5.78 Å². The van der Waals surface area contributed by atoms with Crippen LogP contribution in [0.3, 0.4) is 0 Å². The van der Waals surface area contributed by atoms with Crippen LogP contribution in [0.4, 0.5) is 0 Å². The second kappa shape index (κ2) is 3.16. The molecular formula is C5H8N2O. The third kappa shape index (κ3) is 2.32. The van der Waals surface area contributed by atoms with Crippen LogP contribution in [0.5, 0.6) is 0 Å². The predicted molar refractivity (Wildman–Crippen MR) is 28.9 cm³/mol. The van der Waals surface area contributed by atoms with Crippen molar-refractivity contribution in [3.63, 3.8) is 0 Å². The highest BCUT2D eigenvalue weighted by atomic mass is 16.1. The molecule has 0 saturated heterocycles. The Morgan fingerprint density at radius 2 is 2.50 bits per heavy atom. The Morgan fingerprint density at radius 3 is 2.62 bits per heavy atom. The molecule has 0 aliphatic heterocycles. The molecular weight excluding hydrogens is 104 g/mol. The van der Waals surface area contributed by atoms with E-state index in [1.165, 1.54) is 6.92 Å². The lowest BCUT2D eigenvalue weighted by molar-refractivity contribution is -0.118. The van der Waals surface area contributed by atoms with Crippen LogP contribution >= 0.6 is 0 Å². The molecule has 44 valence electrons. The lowest BCUT2D eigenvalue weighted by atomic mass is 10.2. The Balaban J connectivity index is 3.52. The summed E-state index contributed by atoms with van der Waals surface area (Å²) < 4.78 is 0. The number of hydrogen-bond acceptors (Lipinski definition) is 3. The lowest BCUT2D eigenvalue weighted by Crippen LogP contribution is -2.27. The van der Waals surface area contributed by atoms with Crippen molar-refractivity contribution in [2.45, 2.75) is 19.4 Å². The van der Waals surface area contributed by atoms with Crippen LogP contribution in [0.25, 0.3) is 0 Å². The van der Waals surface area contributed by atoms with Gasteiger partial charge in [-0.15, -0.1) is 0 Å². The maximum absolute atomic E-state index is 10.3. The van der Waals surface area contributed by atoms with Gasteiger partial charge in [0.15, 0.2) is 0 Å². The summed E-state index contributed by atoms with van der Waals surface area (Å²) in [7, 11) is 0. The van der Waals surface area contributed by atoms with Gasteiger partial charge in [-0.3, -0.25) is 4.79 Å². The number of carbonyl (C=O) groups is 1. The second-order valence-electron chi connectivity index (χ2n) is 1.58. The molecule has 0 fully saturated rings. The summed E-state index contributed by atoms with van der Waals surface area (Å²) >= 11 is 0. The number of nitrogens with zero attached hydrogens (tertiary/aromatic N) is 1. The van der Waals surface area contributed by atoms with Crippen LogP contribution in [-0.4, -0.2) is 11.8 Å². The summed E-state index contributed by atoms with van der Waals surface area (Å²) in [6.07, 6.45) is 0.120. The minimum atomic E-state index is -0.583. The lowest BCUT2D eigenvalue weighted by Gasteiger charge is -1.97. The first-order chi connectivity index (χ1) is 3.68. The molecule has 0 bridgehead atoms. The summed E-state index contributed by atoms with van der Waals surface area (Å²) in [5.41, 5.74) is 5.15. The van der Waals surface area contributed by atoms with Gasteiger partial charge in [0.1, 0.15) is 5.78 Å². The highest BCUT2D eigenvalue weighted by molar-refractivity contribution is 5.81. The van der Waals surface area contributed by atoms with Gasteiger partial charge >= 0.3 is 0 Å². The van der Waals surface area contributed by atoms with Crippen molar-refractivity contribution < 1.29 is 4.79 Å². The molecule has 3 nitrogen and oxygen atoms in total. The van der Waals surface area contributed by atoms with Gasteiger partial charge in [0.25, 0.3) is 0 Å². The van der Waals surface area contributed by atoms with Crippen molar-refractivity contribution in [2.24, 2.45) is 5.73 Å². The molecule has 2 N–H and O–H groups in total. The predicted octanol–water partition coefficient (Wildman–Crippen LogP) is -0.184. The molecule has 3 heteroatoms. The SMILES string of the molecule is CC(=O)C(N)CC#N. The molecule has 0 aromatic carbocycles. The van der Waals surface area contributed by atoms with E-state index < -0.39 is 6.04 Å². The van der Waals surface area contributed by atoms with Gasteiger partial charge in [0.05, 0.1) is 18.5 Å². The normalized spacial score (nSPS) is 12.1. The van der Waals surface area contributed by atoms with Crippen molar-refractivity contribution in [3.05, 3.63) is 0 Å². The van der Waals surface area contributed by atoms with E-state index >= 15 is 0 Å². The zero-order valence-corrected chi connectivity index (χ0v) is 4.72. The van der Waals surface area contributed by atoms with E-state index in [4.69, 9.17) is 11.0 Å². The number of Topliss-reactive ketones (excluding diaryl/α,β-unsaturated/α-hetero) is 1. The topological polar surface area (TPSA) is 66.9 Å². The van der Waals surface area contributed by atoms with E-state index in [0.717, 1.165) is 0 Å². The standard InChI is InChI=1S/C5H8N2O/c1-4(8)5(7)2-3-6/h5H,2,7H2,1H3. The molecule has 8 heavy (non-hydrogen) atoms. The monoisotopic (exact) mass is 112 g/mol. The quantitative estimate of drug-likeness (QED) is 0.538. The number of nitrogens with two attached hydrogens (primary N) is 1. The smallest absolute Gasteiger partial charge is 0.147 e. The van der Waals surface area contributed by atoms with E-state index in [2.05, 4.69) is 0 Å². The summed E-state index contributed by atoms with van der Waals surface area (Å²) in [5, 5.41) is 8.00. The van der Waals surface area contributed by atoms with Gasteiger partial charge in [0.2, 0.25) is 0 Å². The van der Waals surface area contributed by atoms with Gasteiger partial charge in [-0.05, 0) is 6.92 Å². The van der Waals surface area contributed by atoms with Crippen LogP contribution in [0.2, 0.25) is 0 Å². The van der Waals surface area contributed by atoms with Gasteiger partial charge < -0.3 is 5.73 Å². The fraction of sp³-hybridized carbons (Fsp3) is 0.600. The molecule has 0 aliphatic carbocycles. The average Bonchev–Trinajstić information content (AvgIpc) is 1.67. The number of ketones is 1. The molecule has 1 atom stereocenters. The number of nitriles is 1. The molecule has 0 amide bonds. The van der Waals surface area contributed by atoms with E-state index in [1.54, 1.807) is 6.07 Å². The van der Waals surface area contributed by atoms with Crippen molar-refractivity contribution in [1.29, 1.82) is 5.26 Å². The summed E-state index contributed by atoms with van der Waals surface area (Å²) in [4.78, 5) is 10.3. The Morgan fingerprint density at radius 1 is 2.00 bits per heavy atom. The van der Waals surface area contributed by atoms with Gasteiger partial charge in [0, 0.05) is 0 Å². The maximum atomic E-state index is 10.3. The number of rotatable bonds is 2. The first-order valence-electron chi connectivity index (χ1n) is 2.31. The van der Waals surface area contributed by atoms with E-state index in [-0.39, 0.29) is 12.2 Å². The summed E-state index contributed by atoms with van der Waals surface area (Å²) in [5.74, 6) is -0.133. The third-order valence-electron chi connectivity index (χ3n) is 0.833. The fourth-order valence-electron chi connectivity index (χ4n) is 0.242. The molecule has 0 rings (SSSR count). The van der Waals surface area contributed by atoms with E-state index in [1.807, 2.05) is 0 Å². The van der Waals surface area contributed by atoms with E-state index in [0.29, 0.717) is 0 Å². The van der Waals surface area contributed by atoms with Crippen LogP contribution in [0, 0.1) is 11.3 Å². The molecule has 0 aliphatic rings. The Kier molecular flexibility index (Phi) is 2.82. The fourth-order valence-corrected chi connectivity index (χ4v) is 0.242. The van der Waals surface area contributed by atoms with Crippen LogP contribution < -0.4 is 5.73 Å².